The van der Waals surface area contributed by atoms with Crippen LogP contribution in [-0.2, 0) is 0 Å². The molecule has 1 aliphatic rings. The standard InChI is InChI=1S/C58H37N7Si/c1-3-19-41(20-4-1)66(42-21-5-2-6-22-42)43-23-15-17-38(35-43)45-25-7-8-26-46(45)39-33-34-48-47-27-9-11-29-50(47)63(54(48)37-39)56-60-55(40-18-16-24-44(66)36-40)61-57(62-56)65-53-32-14-13-31-52(53)64-51-30-12-10-28-49(51)59-58(64)65/h1-37H. The molecule has 0 saturated heterocycles. The van der Waals surface area contributed by atoms with Crippen molar-refractivity contribution in [3.05, 3.63) is 224 Å². The summed E-state index contributed by atoms with van der Waals surface area (Å²) < 4.78 is 6.53. The molecule has 1 aliphatic heterocycles. The Labute approximate surface area is 380 Å². The Bertz CT molecular complexity index is 4030. The molecule has 9 aromatic carbocycles. The lowest BCUT2D eigenvalue weighted by molar-refractivity contribution is 0.885. The Kier molecular flexibility index (Phi) is 7.87. The van der Waals surface area contributed by atoms with Gasteiger partial charge in [0.15, 0.2) is 13.9 Å². The molecule has 7 nitrogen and oxygen atoms in total. The van der Waals surface area contributed by atoms with Crippen molar-refractivity contribution in [2.24, 2.45) is 0 Å². The highest BCUT2D eigenvalue weighted by Gasteiger charge is 2.42. The fourth-order valence-corrected chi connectivity index (χ4v) is 15.6. The number of para-hydroxylation sites is 5. The van der Waals surface area contributed by atoms with E-state index in [9.17, 15) is 0 Å². The summed E-state index contributed by atoms with van der Waals surface area (Å²) in [4.78, 5) is 21.8. The fraction of sp³-hybridized carbons (Fsp3) is 0. The van der Waals surface area contributed by atoms with Crippen LogP contribution in [0.2, 0.25) is 0 Å². The normalized spacial score (nSPS) is 13.0. The molecule has 0 saturated carbocycles. The summed E-state index contributed by atoms with van der Waals surface area (Å²) in [6, 6.07) is 81.4. The van der Waals surface area contributed by atoms with Crippen LogP contribution in [0.4, 0.5) is 0 Å². The highest BCUT2D eigenvalue weighted by atomic mass is 28.3. The molecule has 0 aliphatic carbocycles. The number of hydrogen-bond donors (Lipinski definition) is 0. The molecule has 0 unspecified atom stereocenters. The first kappa shape index (κ1) is 36.7. The molecule has 5 heterocycles. The second kappa shape index (κ2) is 14.1. The molecular formula is C58H37N7Si. The zero-order valence-electron chi connectivity index (χ0n) is 35.5. The Morgan fingerprint density at radius 3 is 1.58 bits per heavy atom. The Balaban J connectivity index is 1.16. The smallest absolute Gasteiger partial charge is 0.242 e. The summed E-state index contributed by atoms with van der Waals surface area (Å²) in [5.74, 6) is 2.31. The molecule has 0 radical (unpaired) electrons. The van der Waals surface area contributed by atoms with Crippen LogP contribution in [-0.4, -0.2) is 41.5 Å². The topological polar surface area (TPSA) is 65.8 Å². The molecule has 0 amide bonds. The molecule has 66 heavy (non-hydrogen) atoms. The monoisotopic (exact) mass is 859 g/mol. The van der Waals surface area contributed by atoms with Gasteiger partial charge in [0.1, 0.15) is 0 Å². The maximum Gasteiger partial charge on any atom is 0.242 e. The lowest BCUT2D eigenvalue weighted by atomic mass is 9.94. The van der Waals surface area contributed by atoms with Crippen LogP contribution in [0.25, 0.3) is 95.2 Å². The summed E-state index contributed by atoms with van der Waals surface area (Å²) in [5, 5.41) is 7.34. The molecule has 8 bridgehead atoms. The van der Waals surface area contributed by atoms with Gasteiger partial charge in [-0.15, -0.1) is 0 Å². The Morgan fingerprint density at radius 1 is 0.318 bits per heavy atom. The Hall–Kier alpha value is -8.72. The van der Waals surface area contributed by atoms with Gasteiger partial charge in [0, 0.05) is 16.3 Å². The number of benzene rings is 9. The molecule has 8 heteroatoms. The van der Waals surface area contributed by atoms with E-state index in [1.165, 1.54) is 31.9 Å². The minimum absolute atomic E-state index is 0.484. The SMILES string of the molecule is c1ccc([Si]2(c3ccccc3)c3cccc(c3)-c3nc(nc(-n4c5ccccc5n5c6ccccc6nc45)n3)-n3c4ccccc4c4ccc(cc43)-c3ccccc3-c3cccc2c3)cc1. The van der Waals surface area contributed by atoms with Crippen molar-refractivity contribution in [2.45, 2.75) is 0 Å². The highest BCUT2D eigenvalue weighted by molar-refractivity contribution is 7.20. The van der Waals surface area contributed by atoms with Gasteiger partial charge >= 0.3 is 0 Å². The van der Waals surface area contributed by atoms with Gasteiger partial charge in [0.25, 0.3) is 0 Å². The number of rotatable bonds is 3. The minimum Gasteiger partial charge on any atom is -0.278 e. The van der Waals surface area contributed by atoms with Gasteiger partial charge in [0.05, 0.1) is 33.1 Å². The van der Waals surface area contributed by atoms with E-state index in [1.807, 2.05) is 6.07 Å². The van der Waals surface area contributed by atoms with Crippen LogP contribution in [0.3, 0.4) is 0 Å². The van der Waals surface area contributed by atoms with Gasteiger partial charge in [0.2, 0.25) is 17.7 Å². The summed E-state index contributed by atoms with van der Waals surface area (Å²) in [6.45, 7) is 0. The fourth-order valence-electron chi connectivity index (χ4n) is 10.8. The van der Waals surface area contributed by atoms with E-state index in [0.717, 1.165) is 66.3 Å². The van der Waals surface area contributed by atoms with E-state index in [2.05, 4.69) is 232 Å². The molecule has 308 valence electrons. The largest absolute Gasteiger partial charge is 0.278 e. The van der Waals surface area contributed by atoms with Gasteiger partial charge in [-0.25, -0.2) is 9.55 Å². The number of imidazole rings is 2. The first-order valence-electron chi connectivity index (χ1n) is 22.3. The quantitative estimate of drug-likeness (QED) is 0.166. The number of nitrogens with zero attached hydrogens (tertiary/aromatic N) is 7. The lowest BCUT2D eigenvalue weighted by Gasteiger charge is -2.35. The van der Waals surface area contributed by atoms with Gasteiger partial charge in [-0.05, 0) is 79.4 Å². The van der Waals surface area contributed by atoms with Gasteiger partial charge in [-0.2, -0.15) is 15.0 Å². The number of hydrogen-bond acceptors (Lipinski definition) is 4. The van der Waals surface area contributed by atoms with Crippen LogP contribution in [0.15, 0.2) is 224 Å². The third kappa shape index (κ3) is 5.24. The van der Waals surface area contributed by atoms with Crippen LogP contribution in [0.5, 0.6) is 0 Å². The van der Waals surface area contributed by atoms with E-state index in [0.29, 0.717) is 17.7 Å². The summed E-state index contributed by atoms with van der Waals surface area (Å²) in [6.07, 6.45) is 0. The van der Waals surface area contributed by atoms with Crippen molar-refractivity contribution in [2.75, 3.05) is 0 Å². The van der Waals surface area contributed by atoms with Crippen LogP contribution < -0.4 is 20.7 Å². The molecule has 14 rings (SSSR count). The minimum atomic E-state index is -3.04. The first-order chi connectivity index (χ1) is 32.7. The third-order valence-corrected chi connectivity index (χ3v) is 18.4. The maximum absolute atomic E-state index is 5.53. The number of aromatic nitrogens is 7. The van der Waals surface area contributed by atoms with Crippen molar-refractivity contribution < 1.29 is 0 Å². The van der Waals surface area contributed by atoms with E-state index in [1.54, 1.807) is 0 Å². The molecule has 0 fully saturated rings. The summed E-state index contributed by atoms with van der Waals surface area (Å²) >= 11 is 0. The maximum atomic E-state index is 5.53. The number of fused-ring (bicyclic) bond motifs is 20. The lowest BCUT2D eigenvalue weighted by Crippen LogP contribution is -2.74. The summed E-state index contributed by atoms with van der Waals surface area (Å²) in [5.41, 5.74) is 11.4. The van der Waals surface area contributed by atoms with E-state index in [-0.39, 0.29) is 0 Å². The van der Waals surface area contributed by atoms with Gasteiger partial charge in [-0.3, -0.25) is 8.97 Å². The Morgan fingerprint density at radius 2 is 0.848 bits per heavy atom. The zero-order chi connectivity index (χ0) is 43.3. The van der Waals surface area contributed by atoms with E-state index >= 15 is 0 Å². The molecule has 0 N–H and O–H groups in total. The summed E-state index contributed by atoms with van der Waals surface area (Å²) in [7, 11) is -3.04. The van der Waals surface area contributed by atoms with Gasteiger partial charge in [-0.1, -0.05) is 188 Å². The van der Waals surface area contributed by atoms with E-state index < -0.39 is 8.07 Å². The van der Waals surface area contributed by atoms with Crippen molar-refractivity contribution in [1.29, 1.82) is 0 Å². The van der Waals surface area contributed by atoms with Crippen LogP contribution in [0, 0.1) is 0 Å². The van der Waals surface area contributed by atoms with Crippen molar-refractivity contribution in [3.8, 4) is 45.5 Å². The molecular weight excluding hydrogens is 823 g/mol. The predicted molar refractivity (Wildman–Crippen MR) is 271 cm³/mol. The molecule has 4 aromatic heterocycles. The molecule has 13 aromatic rings. The highest BCUT2D eigenvalue weighted by Crippen LogP contribution is 2.38. The molecule has 0 atom stereocenters. The second-order valence-corrected chi connectivity index (χ2v) is 20.9. The van der Waals surface area contributed by atoms with Gasteiger partial charge < -0.3 is 0 Å². The predicted octanol–water partition coefficient (Wildman–Crippen LogP) is 10.4. The van der Waals surface area contributed by atoms with Crippen LogP contribution in [0.1, 0.15) is 0 Å². The average molecular weight is 860 g/mol. The third-order valence-electron chi connectivity index (χ3n) is 13.6. The van der Waals surface area contributed by atoms with Crippen molar-refractivity contribution >= 4 is 78.5 Å². The first-order valence-corrected chi connectivity index (χ1v) is 24.3. The van der Waals surface area contributed by atoms with E-state index in [4.69, 9.17) is 19.9 Å². The van der Waals surface area contributed by atoms with Crippen LogP contribution >= 0.6 is 0 Å². The second-order valence-electron chi connectivity index (χ2n) is 17.1. The van der Waals surface area contributed by atoms with Crippen molar-refractivity contribution in [3.63, 3.8) is 0 Å². The molecule has 0 spiro atoms. The van der Waals surface area contributed by atoms with Crippen molar-refractivity contribution in [1.82, 2.24) is 33.5 Å². The zero-order valence-corrected chi connectivity index (χ0v) is 36.5. The average Bonchev–Trinajstić information content (AvgIpc) is 4.04.